The van der Waals surface area contributed by atoms with Crippen molar-refractivity contribution < 1.29 is 23.8 Å². The molecule has 38 heavy (non-hydrogen) atoms. The molecule has 10 nitrogen and oxygen atoms in total. The number of nitrogens with zero attached hydrogens (tertiary/aromatic N) is 6. The lowest BCUT2D eigenvalue weighted by Crippen LogP contribution is -2.46. The summed E-state index contributed by atoms with van der Waals surface area (Å²) in [5.74, 6) is -0.527. The molecule has 194 valence electrons. The molecule has 4 aromatic heterocycles. The van der Waals surface area contributed by atoms with Gasteiger partial charge in [0.2, 0.25) is 5.88 Å². The Bertz CT molecular complexity index is 1650. The molecule has 0 saturated carbocycles. The number of rotatable bonds is 7. The number of carbonyl (C=O) groups is 1. The van der Waals surface area contributed by atoms with E-state index in [4.69, 9.17) is 9.47 Å². The van der Waals surface area contributed by atoms with Gasteiger partial charge in [-0.25, -0.2) is 24.1 Å². The third-order valence-corrected chi connectivity index (χ3v) is 7.04. The summed E-state index contributed by atoms with van der Waals surface area (Å²) in [6, 6.07) is 7.61. The minimum Gasteiger partial charge on any atom is -0.480 e. The molecular formula is C26H23FN6O4S. The average Bonchev–Trinajstić information content (AvgIpc) is 3.30. The molecule has 0 bridgehead atoms. The second-order valence-corrected chi connectivity index (χ2v) is 9.61. The monoisotopic (exact) mass is 534 g/mol. The van der Waals surface area contributed by atoms with Crippen LogP contribution in [0.15, 0.2) is 48.9 Å². The minimum absolute atomic E-state index is 0.231. The number of aryl methyl sites for hydroxylation is 1. The highest BCUT2D eigenvalue weighted by molar-refractivity contribution is 7.21. The topological polar surface area (TPSA) is 123 Å². The van der Waals surface area contributed by atoms with Crippen LogP contribution in [-0.4, -0.2) is 55.4 Å². The van der Waals surface area contributed by atoms with Gasteiger partial charge in [0, 0.05) is 24.0 Å². The number of aromatic nitrogens is 5. The molecule has 4 heterocycles. The van der Waals surface area contributed by atoms with E-state index in [1.54, 1.807) is 26.0 Å². The van der Waals surface area contributed by atoms with Crippen LogP contribution in [0.5, 0.6) is 11.8 Å². The summed E-state index contributed by atoms with van der Waals surface area (Å²) in [7, 11) is 1.53. The van der Waals surface area contributed by atoms with Crippen LogP contribution in [0.25, 0.3) is 32.0 Å². The third-order valence-electron chi connectivity index (χ3n) is 6.04. The molecule has 1 aromatic carbocycles. The lowest BCUT2D eigenvalue weighted by atomic mass is 10.1. The number of halogens is 1. The first-order valence-electron chi connectivity index (χ1n) is 11.6. The van der Waals surface area contributed by atoms with Gasteiger partial charge in [0.15, 0.2) is 5.82 Å². The molecule has 0 spiro atoms. The summed E-state index contributed by atoms with van der Waals surface area (Å²) >= 11 is 1.27. The van der Waals surface area contributed by atoms with Gasteiger partial charge in [-0.2, -0.15) is 4.98 Å². The Morgan fingerprint density at radius 2 is 1.87 bits per heavy atom. The number of ether oxygens (including phenoxy) is 2. The third kappa shape index (κ3) is 4.77. The van der Waals surface area contributed by atoms with E-state index in [0.29, 0.717) is 38.0 Å². The maximum absolute atomic E-state index is 15.0. The zero-order valence-corrected chi connectivity index (χ0v) is 21.7. The second kappa shape index (κ2) is 10.1. The van der Waals surface area contributed by atoms with E-state index in [9.17, 15) is 9.90 Å². The molecule has 2 atom stereocenters. The van der Waals surface area contributed by atoms with Crippen LogP contribution in [0.4, 0.5) is 14.9 Å². The Labute approximate surface area is 220 Å². The number of pyridine rings is 2. The summed E-state index contributed by atoms with van der Waals surface area (Å²) in [4.78, 5) is 35.4. The SMILES string of the molecule is COc1cnc2c(-c3nc4cc(F)c(O[C@@H](C)[C@@H](C)N(C(=O)O)c5ccncc5)nc4s3)cc(C)cc2n1. The fraction of sp³-hybridized carbons (Fsp3) is 0.231. The van der Waals surface area contributed by atoms with Crippen LogP contribution in [0.1, 0.15) is 19.4 Å². The number of carboxylic acid groups (broad SMARTS) is 1. The predicted octanol–water partition coefficient (Wildman–Crippen LogP) is 5.49. The first kappa shape index (κ1) is 25.2. The van der Waals surface area contributed by atoms with Crippen molar-refractivity contribution in [3.05, 3.63) is 60.3 Å². The lowest BCUT2D eigenvalue weighted by molar-refractivity contribution is 0.162. The molecule has 0 aliphatic rings. The quantitative estimate of drug-likeness (QED) is 0.288. The van der Waals surface area contributed by atoms with Crippen molar-refractivity contribution >= 4 is 44.5 Å². The Morgan fingerprint density at radius 1 is 1.11 bits per heavy atom. The van der Waals surface area contributed by atoms with Crippen LogP contribution < -0.4 is 14.4 Å². The smallest absolute Gasteiger partial charge is 0.412 e. The van der Waals surface area contributed by atoms with E-state index in [1.165, 1.54) is 43.1 Å². The van der Waals surface area contributed by atoms with Gasteiger partial charge in [-0.1, -0.05) is 11.3 Å². The van der Waals surface area contributed by atoms with Gasteiger partial charge in [0.25, 0.3) is 5.88 Å². The molecule has 0 aliphatic carbocycles. The molecule has 5 rings (SSSR count). The van der Waals surface area contributed by atoms with Crippen molar-refractivity contribution in [3.63, 3.8) is 0 Å². The molecule has 0 saturated heterocycles. The largest absolute Gasteiger partial charge is 0.480 e. The maximum atomic E-state index is 15.0. The van der Waals surface area contributed by atoms with Gasteiger partial charge in [-0.15, -0.1) is 0 Å². The van der Waals surface area contributed by atoms with Crippen molar-refractivity contribution in [2.24, 2.45) is 0 Å². The van der Waals surface area contributed by atoms with E-state index in [0.717, 1.165) is 16.0 Å². The fourth-order valence-electron chi connectivity index (χ4n) is 4.04. The number of hydrogen-bond acceptors (Lipinski definition) is 9. The fourth-order valence-corrected chi connectivity index (χ4v) is 4.97. The Kier molecular flexibility index (Phi) is 6.72. The highest BCUT2D eigenvalue weighted by Gasteiger charge is 2.28. The van der Waals surface area contributed by atoms with Gasteiger partial charge in [-0.3, -0.25) is 9.88 Å². The van der Waals surface area contributed by atoms with Crippen molar-refractivity contribution in [1.82, 2.24) is 24.9 Å². The average molecular weight is 535 g/mol. The minimum atomic E-state index is -1.17. The number of thiazole rings is 1. The first-order valence-corrected chi connectivity index (χ1v) is 12.4. The van der Waals surface area contributed by atoms with Gasteiger partial charge >= 0.3 is 6.09 Å². The summed E-state index contributed by atoms with van der Waals surface area (Å²) in [5.41, 5.74) is 3.80. The summed E-state index contributed by atoms with van der Waals surface area (Å²) in [6.07, 6.45) is 2.64. The highest BCUT2D eigenvalue weighted by atomic mass is 32.1. The van der Waals surface area contributed by atoms with Crippen LogP contribution >= 0.6 is 11.3 Å². The van der Waals surface area contributed by atoms with Crippen molar-refractivity contribution in [3.8, 4) is 22.3 Å². The highest BCUT2D eigenvalue weighted by Crippen LogP contribution is 2.35. The molecule has 0 fully saturated rings. The van der Waals surface area contributed by atoms with Gasteiger partial charge in [0.05, 0.1) is 36.1 Å². The molecule has 12 heteroatoms. The first-order chi connectivity index (χ1) is 18.2. The Hall–Kier alpha value is -4.45. The molecule has 0 unspecified atom stereocenters. The molecule has 1 N–H and O–H groups in total. The van der Waals surface area contributed by atoms with Crippen LogP contribution in [0.3, 0.4) is 0 Å². The number of fused-ring (bicyclic) bond motifs is 2. The number of anilines is 1. The van der Waals surface area contributed by atoms with Gasteiger partial charge < -0.3 is 14.6 Å². The van der Waals surface area contributed by atoms with E-state index in [1.807, 2.05) is 19.1 Å². The van der Waals surface area contributed by atoms with Crippen LogP contribution in [0, 0.1) is 12.7 Å². The lowest BCUT2D eigenvalue weighted by Gasteiger charge is -2.30. The Morgan fingerprint density at radius 3 is 2.58 bits per heavy atom. The van der Waals surface area contributed by atoms with Crippen LogP contribution in [0.2, 0.25) is 0 Å². The molecule has 5 aromatic rings. The Balaban J connectivity index is 1.47. The number of hydrogen-bond donors (Lipinski definition) is 1. The van der Waals surface area contributed by atoms with Crippen molar-refractivity contribution in [1.29, 1.82) is 0 Å². The normalized spacial score (nSPS) is 12.9. The molecule has 0 radical (unpaired) electrons. The molecular weight excluding hydrogens is 511 g/mol. The van der Waals surface area contributed by atoms with E-state index >= 15 is 4.39 Å². The van der Waals surface area contributed by atoms with Crippen LogP contribution in [-0.2, 0) is 0 Å². The van der Waals surface area contributed by atoms with E-state index in [-0.39, 0.29) is 5.88 Å². The maximum Gasteiger partial charge on any atom is 0.412 e. The zero-order valence-electron chi connectivity index (χ0n) is 20.9. The number of benzene rings is 1. The number of amides is 1. The summed E-state index contributed by atoms with van der Waals surface area (Å²) in [5, 5.41) is 10.4. The van der Waals surface area contributed by atoms with Gasteiger partial charge in [0.1, 0.15) is 21.5 Å². The summed E-state index contributed by atoms with van der Waals surface area (Å²) in [6.45, 7) is 5.28. The predicted molar refractivity (Wildman–Crippen MR) is 141 cm³/mol. The van der Waals surface area contributed by atoms with Crippen molar-refractivity contribution in [2.75, 3.05) is 12.0 Å². The second-order valence-electron chi connectivity index (χ2n) is 8.63. The standard InChI is InChI=1S/C26H23FN6O4S/c1-13-9-17(22-19(10-13)30-21(36-4)12-29-22)24-31-20-11-18(27)23(32-25(20)38-24)37-15(3)14(2)33(26(34)35)16-5-7-28-8-6-16/h5-12,14-15H,1-4H3,(H,34,35)/t14-,15+/m1/s1. The van der Waals surface area contributed by atoms with Gasteiger partial charge in [-0.05, 0) is 50.6 Å². The summed E-state index contributed by atoms with van der Waals surface area (Å²) < 4.78 is 26.1. The molecule has 0 aliphatic heterocycles. The van der Waals surface area contributed by atoms with E-state index in [2.05, 4.69) is 24.9 Å². The molecule has 1 amide bonds. The number of methoxy groups -OCH3 is 1. The zero-order chi connectivity index (χ0) is 27.0. The van der Waals surface area contributed by atoms with E-state index < -0.39 is 24.1 Å². The van der Waals surface area contributed by atoms with Crippen molar-refractivity contribution in [2.45, 2.75) is 32.9 Å².